The molecule has 0 fully saturated rings. The van der Waals surface area contributed by atoms with Crippen LogP contribution in [0.5, 0.6) is 0 Å². The van der Waals surface area contributed by atoms with Gasteiger partial charge in [0.25, 0.3) is 5.91 Å². The van der Waals surface area contributed by atoms with Crippen LogP contribution in [0.2, 0.25) is 0 Å². The number of anilines is 4. The number of rotatable bonds is 7. The summed E-state index contributed by atoms with van der Waals surface area (Å²) in [5, 5.41) is 9.83. The molecule has 0 aliphatic carbocycles. The molecule has 1 amide bonds. The highest BCUT2D eigenvalue weighted by Gasteiger charge is 2.34. The van der Waals surface area contributed by atoms with E-state index in [4.69, 9.17) is 10.5 Å². The average molecular weight is 434 g/mol. The van der Waals surface area contributed by atoms with Crippen molar-refractivity contribution in [3.05, 3.63) is 59.0 Å². The standard InChI is InChI=1S/C20H21F3N6O2/c1-11-16(9-29(2)28-11)27-17-7-15(13(8-25-17)20(21,22)23)26-14-6-4-5-12(10-31-3)18(14)19(24)30/h4-9H,10H2,1-3H3,(H2,24,30)(H2,25,26,27). The van der Waals surface area contributed by atoms with Gasteiger partial charge >= 0.3 is 6.18 Å². The Morgan fingerprint density at radius 1 is 1.23 bits per heavy atom. The fourth-order valence-electron chi connectivity index (χ4n) is 3.13. The predicted molar refractivity (Wildman–Crippen MR) is 109 cm³/mol. The van der Waals surface area contributed by atoms with Gasteiger partial charge in [-0.1, -0.05) is 12.1 Å². The number of hydrogen-bond acceptors (Lipinski definition) is 6. The first-order valence-electron chi connectivity index (χ1n) is 9.12. The van der Waals surface area contributed by atoms with Gasteiger partial charge in [0.15, 0.2) is 0 Å². The molecule has 0 spiro atoms. The van der Waals surface area contributed by atoms with Crippen LogP contribution >= 0.6 is 0 Å². The van der Waals surface area contributed by atoms with Crippen LogP contribution in [0.25, 0.3) is 0 Å². The van der Waals surface area contributed by atoms with Crippen LogP contribution in [0.3, 0.4) is 0 Å². The molecule has 0 saturated carbocycles. The van der Waals surface area contributed by atoms with E-state index < -0.39 is 17.6 Å². The number of benzene rings is 1. The highest BCUT2D eigenvalue weighted by Crippen LogP contribution is 2.38. The fourth-order valence-corrected chi connectivity index (χ4v) is 3.13. The Hall–Kier alpha value is -3.60. The summed E-state index contributed by atoms with van der Waals surface area (Å²) in [4.78, 5) is 15.9. The third-order valence-corrected chi connectivity index (χ3v) is 4.45. The Morgan fingerprint density at radius 3 is 2.55 bits per heavy atom. The fraction of sp³-hybridized carbons (Fsp3) is 0.250. The number of halogens is 3. The van der Waals surface area contributed by atoms with Gasteiger partial charge in [-0.25, -0.2) is 4.98 Å². The van der Waals surface area contributed by atoms with E-state index in [9.17, 15) is 18.0 Å². The Balaban J connectivity index is 2.06. The molecule has 0 saturated heterocycles. The van der Waals surface area contributed by atoms with Gasteiger partial charge in [-0.2, -0.15) is 18.3 Å². The minimum Gasteiger partial charge on any atom is -0.380 e. The van der Waals surface area contributed by atoms with E-state index in [1.807, 2.05) is 0 Å². The summed E-state index contributed by atoms with van der Waals surface area (Å²) >= 11 is 0. The zero-order valence-corrected chi connectivity index (χ0v) is 17.0. The van der Waals surface area contributed by atoms with E-state index in [1.165, 1.54) is 19.2 Å². The number of hydrogen-bond donors (Lipinski definition) is 3. The molecule has 164 valence electrons. The topological polar surface area (TPSA) is 107 Å². The first kappa shape index (κ1) is 22.1. The number of carbonyl (C=O) groups is 1. The number of primary amides is 1. The lowest BCUT2D eigenvalue weighted by Gasteiger charge is -2.18. The van der Waals surface area contributed by atoms with Crippen LogP contribution in [-0.2, 0) is 24.6 Å². The first-order chi connectivity index (χ1) is 14.6. The molecule has 3 aromatic rings. The predicted octanol–water partition coefficient (Wildman–Crippen LogP) is 3.87. The van der Waals surface area contributed by atoms with Gasteiger partial charge in [0.2, 0.25) is 0 Å². The van der Waals surface area contributed by atoms with Gasteiger partial charge in [0, 0.05) is 32.6 Å². The maximum atomic E-state index is 13.6. The maximum absolute atomic E-state index is 13.6. The highest BCUT2D eigenvalue weighted by atomic mass is 19.4. The molecule has 0 aliphatic rings. The molecule has 2 aromatic heterocycles. The van der Waals surface area contributed by atoms with Gasteiger partial charge in [-0.3, -0.25) is 9.48 Å². The number of carbonyl (C=O) groups excluding carboxylic acids is 1. The Bertz CT molecular complexity index is 1110. The number of methoxy groups -OCH3 is 1. The Labute approximate surface area is 176 Å². The smallest absolute Gasteiger partial charge is 0.380 e. The Kier molecular flexibility index (Phi) is 6.16. The number of aromatic nitrogens is 3. The van der Waals surface area contributed by atoms with Crippen LogP contribution in [0.1, 0.15) is 27.2 Å². The van der Waals surface area contributed by atoms with E-state index in [0.29, 0.717) is 16.9 Å². The number of nitrogens with two attached hydrogens (primary N) is 1. The number of ether oxygens (including phenoxy) is 1. The first-order valence-corrected chi connectivity index (χ1v) is 9.12. The van der Waals surface area contributed by atoms with Crippen molar-refractivity contribution >= 4 is 28.8 Å². The summed E-state index contributed by atoms with van der Waals surface area (Å²) < 4.78 is 47.5. The summed E-state index contributed by atoms with van der Waals surface area (Å²) in [5.74, 6) is -0.623. The van der Waals surface area contributed by atoms with Crippen molar-refractivity contribution in [2.45, 2.75) is 19.7 Å². The van der Waals surface area contributed by atoms with Gasteiger partial charge in [0.05, 0.1) is 40.5 Å². The van der Waals surface area contributed by atoms with E-state index in [2.05, 4.69) is 20.7 Å². The molecule has 8 nitrogen and oxygen atoms in total. The number of aryl methyl sites for hydroxylation is 2. The number of nitrogens with zero attached hydrogens (tertiary/aromatic N) is 3. The maximum Gasteiger partial charge on any atom is 0.419 e. The molecular weight excluding hydrogens is 413 g/mol. The van der Waals surface area contributed by atoms with Crippen molar-refractivity contribution in [2.24, 2.45) is 12.8 Å². The van der Waals surface area contributed by atoms with Crippen molar-refractivity contribution in [2.75, 3.05) is 17.7 Å². The molecule has 0 unspecified atom stereocenters. The molecule has 3 rings (SSSR count). The molecule has 31 heavy (non-hydrogen) atoms. The lowest BCUT2D eigenvalue weighted by Crippen LogP contribution is -2.17. The molecule has 0 aliphatic heterocycles. The Morgan fingerprint density at radius 2 is 1.97 bits per heavy atom. The zero-order chi connectivity index (χ0) is 22.8. The summed E-state index contributed by atoms with van der Waals surface area (Å²) in [7, 11) is 3.16. The largest absolute Gasteiger partial charge is 0.419 e. The number of pyridine rings is 1. The second-order valence-electron chi connectivity index (χ2n) is 6.80. The van der Waals surface area contributed by atoms with E-state index in [1.54, 1.807) is 37.0 Å². The highest BCUT2D eigenvalue weighted by molar-refractivity contribution is 6.00. The molecule has 0 atom stereocenters. The van der Waals surface area contributed by atoms with Crippen LogP contribution < -0.4 is 16.4 Å². The van der Waals surface area contributed by atoms with Gasteiger partial charge in [0.1, 0.15) is 5.82 Å². The van der Waals surface area contributed by atoms with E-state index in [0.717, 1.165) is 6.20 Å². The van der Waals surface area contributed by atoms with Crippen LogP contribution in [0.4, 0.5) is 36.1 Å². The second-order valence-corrected chi connectivity index (χ2v) is 6.80. The van der Waals surface area contributed by atoms with Crippen molar-refractivity contribution < 1.29 is 22.7 Å². The van der Waals surface area contributed by atoms with E-state index >= 15 is 0 Å². The van der Waals surface area contributed by atoms with Crippen molar-refractivity contribution in [3.8, 4) is 0 Å². The molecule has 0 radical (unpaired) electrons. The average Bonchev–Trinajstić information content (AvgIpc) is 2.98. The number of amides is 1. The third kappa shape index (κ3) is 4.94. The molecule has 2 heterocycles. The van der Waals surface area contributed by atoms with Gasteiger partial charge < -0.3 is 21.1 Å². The lowest BCUT2D eigenvalue weighted by atomic mass is 10.0. The van der Waals surface area contributed by atoms with Crippen LogP contribution in [0.15, 0.2) is 36.7 Å². The monoisotopic (exact) mass is 434 g/mol. The molecule has 4 N–H and O–H groups in total. The third-order valence-electron chi connectivity index (χ3n) is 4.45. The number of alkyl halides is 3. The molecule has 0 bridgehead atoms. The van der Waals surface area contributed by atoms with Gasteiger partial charge in [-0.05, 0) is 18.6 Å². The van der Waals surface area contributed by atoms with Crippen molar-refractivity contribution in [1.29, 1.82) is 0 Å². The minimum absolute atomic E-state index is 0.0481. The van der Waals surface area contributed by atoms with Gasteiger partial charge in [-0.15, -0.1) is 0 Å². The van der Waals surface area contributed by atoms with Crippen molar-refractivity contribution in [1.82, 2.24) is 14.8 Å². The van der Waals surface area contributed by atoms with Crippen LogP contribution in [0, 0.1) is 6.92 Å². The summed E-state index contributed by atoms with van der Waals surface area (Å²) in [5.41, 5.74) is 6.08. The molecule has 11 heteroatoms. The normalized spacial score (nSPS) is 11.4. The lowest BCUT2D eigenvalue weighted by molar-refractivity contribution is -0.137. The quantitative estimate of drug-likeness (QED) is 0.521. The van der Waals surface area contributed by atoms with Crippen molar-refractivity contribution in [3.63, 3.8) is 0 Å². The van der Waals surface area contributed by atoms with Crippen LogP contribution in [-0.4, -0.2) is 27.8 Å². The number of nitrogens with one attached hydrogen (secondary N) is 2. The summed E-state index contributed by atoms with van der Waals surface area (Å²) in [6.07, 6.45) is -2.27. The zero-order valence-electron chi connectivity index (χ0n) is 17.0. The van der Waals surface area contributed by atoms with E-state index in [-0.39, 0.29) is 29.4 Å². The summed E-state index contributed by atoms with van der Waals surface area (Å²) in [6, 6.07) is 5.89. The SMILES string of the molecule is COCc1cccc(Nc2cc(Nc3cn(C)nc3C)ncc2C(F)(F)F)c1C(N)=O. The molecular formula is C20H21F3N6O2. The minimum atomic E-state index is -4.67. The second kappa shape index (κ2) is 8.64. The molecule has 1 aromatic carbocycles. The summed E-state index contributed by atoms with van der Waals surface area (Å²) in [6.45, 7) is 1.83.